The molecule has 1 fully saturated rings. The Kier molecular flexibility index (Phi) is 10.0. The maximum absolute atomic E-state index is 12.2. The lowest BCUT2D eigenvalue weighted by molar-refractivity contribution is -0.0498. The Morgan fingerprint density at radius 2 is 1.42 bits per heavy atom. The third-order valence-corrected chi connectivity index (χ3v) is 5.89. The summed E-state index contributed by atoms with van der Waals surface area (Å²) in [6.07, 6.45) is 17.7. The highest BCUT2D eigenvalue weighted by atomic mass is 19.3. The van der Waals surface area contributed by atoms with Gasteiger partial charge in [-0.15, -0.1) is 0 Å². The first-order valence-electron chi connectivity index (χ1n) is 10.7. The highest BCUT2D eigenvalue weighted by Crippen LogP contribution is 2.38. The van der Waals surface area contributed by atoms with Gasteiger partial charge in [0, 0.05) is 0 Å². The van der Waals surface area contributed by atoms with Crippen LogP contribution in [0.5, 0.6) is 5.75 Å². The van der Waals surface area contributed by atoms with E-state index >= 15 is 0 Å². The van der Waals surface area contributed by atoms with Gasteiger partial charge in [0.25, 0.3) is 0 Å². The minimum Gasteiger partial charge on any atom is -0.435 e. The van der Waals surface area contributed by atoms with E-state index in [1.807, 2.05) is 12.1 Å². The van der Waals surface area contributed by atoms with Crippen molar-refractivity contribution in [2.45, 2.75) is 103 Å². The average Bonchev–Trinajstić information content (AvgIpc) is 2.65. The summed E-state index contributed by atoms with van der Waals surface area (Å²) in [6.45, 7) is -0.473. The molecule has 0 radical (unpaired) electrons. The van der Waals surface area contributed by atoms with Crippen molar-refractivity contribution in [1.82, 2.24) is 0 Å². The maximum Gasteiger partial charge on any atom is 0.387 e. The van der Waals surface area contributed by atoms with E-state index in [0.717, 1.165) is 5.92 Å². The summed E-state index contributed by atoms with van der Waals surface area (Å²) < 4.78 is 28.9. The molecule has 1 saturated carbocycles. The van der Waals surface area contributed by atoms with Gasteiger partial charge in [0.2, 0.25) is 0 Å². The van der Waals surface area contributed by atoms with Crippen LogP contribution in [0.4, 0.5) is 8.78 Å². The third kappa shape index (κ3) is 8.05. The van der Waals surface area contributed by atoms with Crippen LogP contribution in [0.25, 0.3) is 0 Å². The first-order chi connectivity index (χ1) is 12.7. The zero-order valence-electron chi connectivity index (χ0n) is 16.4. The normalized spacial score (nSPS) is 20.5. The number of rotatable bonds is 12. The largest absolute Gasteiger partial charge is 0.435 e. The number of unbranched alkanes of at least 4 members (excludes halogenated alkanes) is 7. The van der Waals surface area contributed by atoms with Gasteiger partial charge in [-0.1, -0.05) is 76.8 Å². The van der Waals surface area contributed by atoms with Crippen LogP contribution in [0.15, 0.2) is 24.3 Å². The second-order valence-corrected chi connectivity index (χ2v) is 7.93. The summed E-state index contributed by atoms with van der Waals surface area (Å²) in [6, 6.07) is 7.27. The van der Waals surface area contributed by atoms with E-state index in [4.69, 9.17) is 0 Å². The molecular formula is C23H36F2O. The van der Waals surface area contributed by atoms with Crippen molar-refractivity contribution in [3.8, 4) is 5.75 Å². The van der Waals surface area contributed by atoms with Crippen LogP contribution in [0, 0.1) is 5.92 Å². The van der Waals surface area contributed by atoms with Crippen molar-refractivity contribution in [2.75, 3.05) is 0 Å². The molecule has 0 bridgehead atoms. The quantitative estimate of drug-likeness (QED) is 0.340. The van der Waals surface area contributed by atoms with Gasteiger partial charge in [0.15, 0.2) is 0 Å². The number of halogens is 2. The minimum atomic E-state index is -2.74. The van der Waals surface area contributed by atoms with E-state index in [0.29, 0.717) is 5.92 Å². The van der Waals surface area contributed by atoms with E-state index < -0.39 is 6.61 Å². The Hall–Kier alpha value is -1.12. The fourth-order valence-electron chi connectivity index (χ4n) is 4.27. The molecule has 0 saturated heterocycles. The van der Waals surface area contributed by atoms with Crippen LogP contribution >= 0.6 is 0 Å². The molecule has 148 valence electrons. The van der Waals surface area contributed by atoms with Crippen molar-refractivity contribution < 1.29 is 13.5 Å². The lowest BCUT2D eigenvalue weighted by Crippen LogP contribution is -2.13. The lowest BCUT2D eigenvalue weighted by Gasteiger charge is -2.29. The van der Waals surface area contributed by atoms with Gasteiger partial charge in [-0.05, 0) is 55.2 Å². The monoisotopic (exact) mass is 366 g/mol. The van der Waals surface area contributed by atoms with Gasteiger partial charge in [-0.3, -0.25) is 0 Å². The zero-order valence-corrected chi connectivity index (χ0v) is 16.4. The molecule has 1 aromatic carbocycles. The maximum atomic E-state index is 12.2. The Balaban J connectivity index is 1.57. The number of benzene rings is 1. The zero-order chi connectivity index (χ0) is 18.6. The average molecular weight is 367 g/mol. The summed E-state index contributed by atoms with van der Waals surface area (Å²) in [5, 5.41) is 0. The van der Waals surface area contributed by atoms with Gasteiger partial charge in [-0.2, -0.15) is 8.78 Å². The molecule has 1 aromatic rings. The smallest absolute Gasteiger partial charge is 0.387 e. The molecule has 2 rings (SSSR count). The van der Waals surface area contributed by atoms with Crippen LogP contribution < -0.4 is 4.74 Å². The predicted octanol–water partition coefficient (Wildman–Crippen LogP) is 8.09. The summed E-state index contributed by atoms with van der Waals surface area (Å²) in [5.41, 5.74) is 1.28. The van der Waals surface area contributed by atoms with Gasteiger partial charge in [0.1, 0.15) is 5.75 Å². The van der Waals surface area contributed by atoms with Crippen molar-refractivity contribution in [1.29, 1.82) is 0 Å². The molecule has 0 atom stereocenters. The number of hydrogen-bond donors (Lipinski definition) is 0. The summed E-state index contributed by atoms with van der Waals surface area (Å²) in [5.74, 6) is 1.74. The van der Waals surface area contributed by atoms with Crippen LogP contribution in [-0.2, 0) is 0 Å². The predicted molar refractivity (Wildman–Crippen MR) is 105 cm³/mol. The topological polar surface area (TPSA) is 9.23 Å². The molecule has 0 unspecified atom stereocenters. The van der Waals surface area contributed by atoms with E-state index in [2.05, 4.69) is 11.7 Å². The molecule has 0 aliphatic heterocycles. The number of alkyl halides is 2. The Bertz CT molecular complexity index is 464. The van der Waals surface area contributed by atoms with E-state index in [1.54, 1.807) is 12.1 Å². The molecule has 0 aromatic heterocycles. The van der Waals surface area contributed by atoms with Crippen molar-refractivity contribution >= 4 is 0 Å². The molecular weight excluding hydrogens is 330 g/mol. The fraction of sp³-hybridized carbons (Fsp3) is 0.739. The first-order valence-corrected chi connectivity index (χ1v) is 10.7. The molecule has 1 aliphatic carbocycles. The fourth-order valence-corrected chi connectivity index (χ4v) is 4.27. The summed E-state index contributed by atoms with van der Waals surface area (Å²) >= 11 is 0. The molecule has 0 heterocycles. The Labute approximate surface area is 158 Å². The molecule has 0 N–H and O–H groups in total. The standard InChI is InChI=1S/C23H36F2O/c1-2-3-4-5-6-7-8-9-10-19-11-13-20(14-12-19)21-15-17-22(18-16-21)26-23(24)25/h15-20,23H,2-14H2,1H3. The number of ether oxygens (including phenoxy) is 1. The van der Waals surface area contributed by atoms with Crippen LogP contribution in [0.2, 0.25) is 0 Å². The molecule has 1 nitrogen and oxygen atoms in total. The Morgan fingerprint density at radius 3 is 2.00 bits per heavy atom. The van der Waals surface area contributed by atoms with E-state index in [-0.39, 0.29) is 5.75 Å². The van der Waals surface area contributed by atoms with Crippen LogP contribution in [-0.4, -0.2) is 6.61 Å². The first kappa shape index (κ1) is 21.2. The molecule has 26 heavy (non-hydrogen) atoms. The van der Waals surface area contributed by atoms with Gasteiger partial charge < -0.3 is 4.74 Å². The SMILES string of the molecule is CCCCCCCCCCC1CCC(c2ccc(OC(F)F)cc2)CC1. The number of hydrogen-bond acceptors (Lipinski definition) is 1. The van der Waals surface area contributed by atoms with Crippen molar-refractivity contribution in [2.24, 2.45) is 5.92 Å². The molecule has 0 amide bonds. The van der Waals surface area contributed by atoms with Crippen LogP contribution in [0.1, 0.15) is 102 Å². The highest BCUT2D eigenvalue weighted by Gasteiger charge is 2.22. The van der Waals surface area contributed by atoms with Crippen molar-refractivity contribution in [3.05, 3.63) is 29.8 Å². The molecule has 3 heteroatoms. The van der Waals surface area contributed by atoms with Crippen molar-refractivity contribution in [3.63, 3.8) is 0 Å². The third-order valence-electron chi connectivity index (χ3n) is 5.89. The second-order valence-electron chi connectivity index (χ2n) is 7.93. The Morgan fingerprint density at radius 1 is 0.846 bits per heavy atom. The molecule has 0 spiro atoms. The van der Waals surface area contributed by atoms with Gasteiger partial charge in [-0.25, -0.2) is 0 Å². The van der Waals surface area contributed by atoms with E-state index in [9.17, 15) is 8.78 Å². The van der Waals surface area contributed by atoms with Gasteiger partial charge >= 0.3 is 6.61 Å². The highest BCUT2D eigenvalue weighted by molar-refractivity contribution is 5.29. The summed E-state index contributed by atoms with van der Waals surface area (Å²) in [4.78, 5) is 0. The molecule has 1 aliphatic rings. The second kappa shape index (κ2) is 12.3. The minimum absolute atomic E-state index is 0.257. The van der Waals surface area contributed by atoms with Gasteiger partial charge in [0.05, 0.1) is 0 Å². The summed E-state index contributed by atoms with van der Waals surface area (Å²) in [7, 11) is 0. The van der Waals surface area contributed by atoms with Crippen LogP contribution in [0.3, 0.4) is 0 Å². The van der Waals surface area contributed by atoms with E-state index in [1.165, 1.54) is 89.0 Å². The lowest BCUT2D eigenvalue weighted by atomic mass is 9.77.